The second-order valence-electron chi connectivity index (χ2n) is 5.78. The Morgan fingerprint density at radius 2 is 2.00 bits per heavy atom. The summed E-state index contributed by atoms with van der Waals surface area (Å²) < 4.78 is 28.3. The van der Waals surface area contributed by atoms with Gasteiger partial charge in [-0.25, -0.2) is 8.42 Å². The SMILES string of the molecule is Cc1occc1C(=O)N1CCN([C@@H]2CCS(=O)(=O)C2)CC1. The van der Waals surface area contributed by atoms with Crippen LogP contribution in [0.3, 0.4) is 0 Å². The average molecular weight is 312 g/mol. The number of piperazine rings is 1. The minimum absolute atomic E-state index is 0.0000523. The highest BCUT2D eigenvalue weighted by Gasteiger charge is 2.34. The van der Waals surface area contributed by atoms with Crippen molar-refractivity contribution in [3.05, 3.63) is 23.7 Å². The van der Waals surface area contributed by atoms with Crippen molar-refractivity contribution in [1.82, 2.24) is 9.80 Å². The number of sulfone groups is 1. The van der Waals surface area contributed by atoms with Crippen LogP contribution >= 0.6 is 0 Å². The summed E-state index contributed by atoms with van der Waals surface area (Å²) >= 11 is 0. The van der Waals surface area contributed by atoms with Crippen LogP contribution in [0.2, 0.25) is 0 Å². The molecule has 3 rings (SSSR count). The summed E-state index contributed by atoms with van der Waals surface area (Å²) in [5.74, 6) is 1.21. The molecule has 1 aromatic heterocycles. The molecule has 0 aromatic carbocycles. The first-order valence-electron chi connectivity index (χ1n) is 7.24. The molecule has 0 radical (unpaired) electrons. The van der Waals surface area contributed by atoms with Crippen molar-refractivity contribution >= 4 is 15.7 Å². The van der Waals surface area contributed by atoms with Gasteiger partial charge < -0.3 is 9.32 Å². The van der Waals surface area contributed by atoms with Gasteiger partial charge in [0, 0.05) is 32.2 Å². The van der Waals surface area contributed by atoms with Crippen LogP contribution in [0.4, 0.5) is 0 Å². The predicted molar refractivity (Wildman–Crippen MR) is 78.0 cm³/mol. The van der Waals surface area contributed by atoms with Crippen LogP contribution in [0.15, 0.2) is 16.7 Å². The Morgan fingerprint density at radius 3 is 2.52 bits per heavy atom. The van der Waals surface area contributed by atoms with Crippen molar-refractivity contribution in [3.63, 3.8) is 0 Å². The van der Waals surface area contributed by atoms with Crippen molar-refractivity contribution < 1.29 is 17.6 Å². The van der Waals surface area contributed by atoms with E-state index in [4.69, 9.17) is 4.42 Å². The lowest BCUT2D eigenvalue weighted by Crippen LogP contribution is -2.52. The molecule has 0 bridgehead atoms. The Labute approximate surface area is 124 Å². The highest BCUT2D eigenvalue weighted by Crippen LogP contribution is 2.20. The monoisotopic (exact) mass is 312 g/mol. The first-order valence-corrected chi connectivity index (χ1v) is 9.06. The van der Waals surface area contributed by atoms with E-state index in [2.05, 4.69) is 4.90 Å². The number of hydrogen-bond donors (Lipinski definition) is 0. The molecule has 0 spiro atoms. The molecule has 1 atom stereocenters. The zero-order valence-electron chi connectivity index (χ0n) is 12.1. The molecule has 0 aliphatic carbocycles. The average Bonchev–Trinajstić information content (AvgIpc) is 3.04. The van der Waals surface area contributed by atoms with Crippen LogP contribution in [0.1, 0.15) is 22.5 Å². The highest BCUT2D eigenvalue weighted by molar-refractivity contribution is 7.91. The van der Waals surface area contributed by atoms with E-state index in [1.165, 1.54) is 6.26 Å². The Hall–Kier alpha value is -1.34. The van der Waals surface area contributed by atoms with Gasteiger partial charge in [0.2, 0.25) is 0 Å². The molecule has 21 heavy (non-hydrogen) atoms. The van der Waals surface area contributed by atoms with Crippen molar-refractivity contribution in [3.8, 4) is 0 Å². The van der Waals surface area contributed by atoms with E-state index < -0.39 is 9.84 Å². The number of hydrogen-bond acceptors (Lipinski definition) is 5. The Bertz CT molecular complexity index is 629. The first kappa shape index (κ1) is 14.6. The molecule has 0 saturated carbocycles. The molecule has 2 saturated heterocycles. The molecule has 2 fully saturated rings. The Balaban J connectivity index is 1.58. The van der Waals surface area contributed by atoms with Crippen LogP contribution in [0.5, 0.6) is 0 Å². The zero-order valence-corrected chi connectivity index (χ0v) is 12.9. The third kappa shape index (κ3) is 2.98. The van der Waals surface area contributed by atoms with Gasteiger partial charge in [0.05, 0.1) is 23.3 Å². The Morgan fingerprint density at radius 1 is 1.29 bits per heavy atom. The molecule has 3 heterocycles. The maximum absolute atomic E-state index is 12.4. The molecular weight excluding hydrogens is 292 g/mol. The number of aryl methyl sites for hydroxylation is 1. The number of rotatable bonds is 2. The fourth-order valence-electron chi connectivity index (χ4n) is 3.13. The van der Waals surface area contributed by atoms with Crippen molar-refractivity contribution in [1.29, 1.82) is 0 Å². The standard InChI is InChI=1S/C14H20N2O4S/c1-11-13(2-8-20-11)14(17)16-6-4-15(5-7-16)12-3-9-21(18,19)10-12/h2,8,12H,3-7,9-10H2,1H3/t12-/m1/s1. The number of furan rings is 1. The minimum Gasteiger partial charge on any atom is -0.469 e. The molecule has 0 N–H and O–H groups in total. The Kier molecular flexibility index (Phi) is 3.79. The third-order valence-corrected chi connectivity index (χ3v) is 6.17. The summed E-state index contributed by atoms with van der Waals surface area (Å²) in [4.78, 5) is 16.4. The molecule has 1 amide bonds. The summed E-state index contributed by atoms with van der Waals surface area (Å²) in [6.07, 6.45) is 2.25. The quantitative estimate of drug-likeness (QED) is 0.797. The second kappa shape index (κ2) is 5.46. The number of nitrogens with zero attached hydrogens (tertiary/aromatic N) is 2. The van der Waals surface area contributed by atoms with Gasteiger partial charge in [-0.3, -0.25) is 9.69 Å². The van der Waals surface area contributed by atoms with Gasteiger partial charge in [-0.1, -0.05) is 0 Å². The molecule has 116 valence electrons. The summed E-state index contributed by atoms with van der Waals surface area (Å²) in [6.45, 7) is 4.54. The predicted octanol–water partition coefficient (Wildman–Crippen LogP) is 0.533. The van der Waals surface area contributed by atoms with E-state index in [-0.39, 0.29) is 17.7 Å². The molecule has 7 heteroatoms. The van der Waals surface area contributed by atoms with Gasteiger partial charge in [0.15, 0.2) is 9.84 Å². The summed E-state index contributed by atoms with van der Waals surface area (Å²) in [5.41, 5.74) is 0.617. The van der Waals surface area contributed by atoms with Crippen molar-refractivity contribution in [2.45, 2.75) is 19.4 Å². The van der Waals surface area contributed by atoms with Crippen LogP contribution < -0.4 is 0 Å². The second-order valence-corrected chi connectivity index (χ2v) is 8.00. The fourth-order valence-corrected chi connectivity index (χ4v) is 4.89. The van der Waals surface area contributed by atoms with Crippen LogP contribution in [-0.2, 0) is 9.84 Å². The number of amides is 1. The third-order valence-electron chi connectivity index (χ3n) is 4.42. The van der Waals surface area contributed by atoms with Gasteiger partial charge in [-0.2, -0.15) is 0 Å². The van der Waals surface area contributed by atoms with Gasteiger partial charge in [0.1, 0.15) is 5.76 Å². The smallest absolute Gasteiger partial charge is 0.257 e. The molecule has 0 unspecified atom stereocenters. The maximum atomic E-state index is 12.4. The van der Waals surface area contributed by atoms with Crippen LogP contribution in [0.25, 0.3) is 0 Å². The van der Waals surface area contributed by atoms with Gasteiger partial charge in [-0.05, 0) is 19.4 Å². The van der Waals surface area contributed by atoms with Crippen LogP contribution in [0, 0.1) is 6.92 Å². The van der Waals surface area contributed by atoms with E-state index in [1.54, 1.807) is 13.0 Å². The normalized spacial score (nSPS) is 26.1. The van der Waals surface area contributed by atoms with Gasteiger partial charge in [0.25, 0.3) is 5.91 Å². The minimum atomic E-state index is -2.85. The lowest BCUT2D eigenvalue weighted by molar-refractivity contribution is 0.0586. The molecular formula is C14H20N2O4S. The van der Waals surface area contributed by atoms with E-state index >= 15 is 0 Å². The molecule has 6 nitrogen and oxygen atoms in total. The summed E-state index contributed by atoms with van der Waals surface area (Å²) in [7, 11) is -2.85. The van der Waals surface area contributed by atoms with E-state index in [0.717, 1.165) is 19.5 Å². The number of carbonyl (C=O) groups excluding carboxylic acids is 1. The largest absolute Gasteiger partial charge is 0.469 e. The highest BCUT2D eigenvalue weighted by atomic mass is 32.2. The van der Waals surface area contributed by atoms with Gasteiger partial charge in [-0.15, -0.1) is 0 Å². The van der Waals surface area contributed by atoms with Crippen molar-refractivity contribution in [2.75, 3.05) is 37.7 Å². The lowest BCUT2D eigenvalue weighted by Gasteiger charge is -2.37. The summed E-state index contributed by atoms with van der Waals surface area (Å²) in [5, 5.41) is 0. The van der Waals surface area contributed by atoms with E-state index in [0.29, 0.717) is 30.2 Å². The molecule has 1 aromatic rings. The van der Waals surface area contributed by atoms with Crippen molar-refractivity contribution in [2.24, 2.45) is 0 Å². The molecule has 2 aliphatic heterocycles. The number of carbonyl (C=O) groups is 1. The fraction of sp³-hybridized carbons (Fsp3) is 0.643. The van der Waals surface area contributed by atoms with E-state index in [1.807, 2.05) is 4.90 Å². The molecule has 2 aliphatic rings. The van der Waals surface area contributed by atoms with Gasteiger partial charge >= 0.3 is 0 Å². The topological polar surface area (TPSA) is 70.8 Å². The first-order chi connectivity index (χ1) is 9.96. The lowest BCUT2D eigenvalue weighted by atomic mass is 10.1. The maximum Gasteiger partial charge on any atom is 0.257 e. The van der Waals surface area contributed by atoms with E-state index in [9.17, 15) is 13.2 Å². The zero-order chi connectivity index (χ0) is 15.0. The van der Waals surface area contributed by atoms with Crippen LogP contribution in [-0.4, -0.2) is 67.9 Å². The summed E-state index contributed by atoms with van der Waals surface area (Å²) in [6, 6.07) is 1.83.